The van der Waals surface area contributed by atoms with Gasteiger partial charge in [-0.3, -0.25) is 9.69 Å². The zero-order valence-electron chi connectivity index (χ0n) is 13.9. The SMILES string of the molecule is CC(c1cc2ccccc2o1)N(C)C(=O)CN1CCCNCC1. The molecule has 5 heteroatoms. The standard InChI is InChI=1S/C18H25N3O2/c1-14(17-12-15-6-3-4-7-16(15)23-17)20(2)18(22)13-21-10-5-8-19-9-11-21/h3-4,6-7,12,14,19H,5,8-11,13H2,1-2H3. The number of rotatable bonds is 4. The van der Waals surface area contributed by atoms with Crippen LogP contribution < -0.4 is 5.32 Å². The molecule has 124 valence electrons. The summed E-state index contributed by atoms with van der Waals surface area (Å²) in [6.45, 7) is 6.39. The molecule has 2 heterocycles. The van der Waals surface area contributed by atoms with Gasteiger partial charge in [-0.05, 0) is 38.6 Å². The van der Waals surface area contributed by atoms with E-state index >= 15 is 0 Å². The molecule has 1 aliphatic rings. The van der Waals surface area contributed by atoms with Crippen LogP contribution in [-0.2, 0) is 4.79 Å². The molecular weight excluding hydrogens is 290 g/mol. The van der Waals surface area contributed by atoms with Crippen molar-refractivity contribution in [2.24, 2.45) is 0 Å². The highest BCUT2D eigenvalue weighted by Gasteiger charge is 2.22. The van der Waals surface area contributed by atoms with Crippen molar-refractivity contribution in [3.63, 3.8) is 0 Å². The maximum Gasteiger partial charge on any atom is 0.237 e. The van der Waals surface area contributed by atoms with E-state index in [-0.39, 0.29) is 11.9 Å². The van der Waals surface area contributed by atoms with E-state index in [9.17, 15) is 4.79 Å². The van der Waals surface area contributed by atoms with Crippen LogP contribution in [0.4, 0.5) is 0 Å². The Morgan fingerprint density at radius 2 is 2.17 bits per heavy atom. The smallest absolute Gasteiger partial charge is 0.237 e. The number of nitrogens with one attached hydrogen (secondary N) is 1. The average Bonchev–Trinajstić information content (AvgIpc) is 2.84. The Kier molecular flexibility index (Phi) is 4.98. The van der Waals surface area contributed by atoms with Gasteiger partial charge in [0.2, 0.25) is 5.91 Å². The minimum absolute atomic E-state index is 0.0694. The summed E-state index contributed by atoms with van der Waals surface area (Å²) in [4.78, 5) is 16.6. The van der Waals surface area contributed by atoms with Crippen LogP contribution in [0.3, 0.4) is 0 Å². The summed E-state index contributed by atoms with van der Waals surface area (Å²) in [6.07, 6.45) is 1.09. The number of hydrogen-bond donors (Lipinski definition) is 1. The van der Waals surface area contributed by atoms with Crippen molar-refractivity contribution in [3.05, 3.63) is 36.1 Å². The van der Waals surface area contributed by atoms with Crippen molar-refractivity contribution in [1.29, 1.82) is 0 Å². The first-order valence-corrected chi connectivity index (χ1v) is 8.32. The molecule has 1 aliphatic heterocycles. The lowest BCUT2D eigenvalue weighted by Gasteiger charge is -2.27. The largest absolute Gasteiger partial charge is 0.459 e. The number of likely N-dealkylation sites (N-methyl/N-ethyl adjacent to an activating group) is 1. The lowest BCUT2D eigenvalue weighted by Crippen LogP contribution is -2.40. The van der Waals surface area contributed by atoms with Crippen LogP contribution in [-0.4, -0.2) is 55.5 Å². The Labute approximate surface area is 137 Å². The van der Waals surface area contributed by atoms with E-state index in [0.29, 0.717) is 6.54 Å². The Morgan fingerprint density at radius 1 is 1.35 bits per heavy atom. The molecule has 0 spiro atoms. The normalized spacial score (nSPS) is 17.8. The lowest BCUT2D eigenvalue weighted by atomic mass is 10.2. The van der Waals surface area contributed by atoms with Gasteiger partial charge in [-0.2, -0.15) is 0 Å². The van der Waals surface area contributed by atoms with E-state index in [2.05, 4.69) is 10.2 Å². The van der Waals surface area contributed by atoms with E-state index in [1.54, 1.807) is 4.90 Å². The van der Waals surface area contributed by atoms with Crippen molar-refractivity contribution in [2.75, 3.05) is 39.8 Å². The summed E-state index contributed by atoms with van der Waals surface area (Å²) in [7, 11) is 1.86. The number of benzene rings is 1. The Morgan fingerprint density at radius 3 is 3.00 bits per heavy atom. The van der Waals surface area contributed by atoms with Crippen molar-refractivity contribution in [1.82, 2.24) is 15.1 Å². The van der Waals surface area contributed by atoms with Gasteiger partial charge in [-0.25, -0.2) is 0 Å². The number of amides is 1. The fourth-order valence-corrected chi connectivity index (χ4v) is 2.98. The first-order chi connectivity index (χ1) is 11.1. The highest BCUT2D eigenvalue weighted by Crippen LogP contribution is 2.26. The Balaban J connectivity index is 1.65. The second-order valence-corrected chi connectivity index (χ2v) is 6.25. The third-order valence-electron chi connectivity index (χ3n) is 4.62. The highest BCUT2D eigenvalue weighted by atomic mass is 16.3. The predicted molar refractivity (Wildman–Crippen MR) is 91.3 cm³/mol. The van der Waals surface area contributed by atoms with E-state index in [0.717, 1.165) is 49.3 Å². The summed E-state index contributed by atoms with van der Waals surface area (Å²) in [6, 6.07) is 9.90. The molecule has 0 bridgehead atoms. The van der Waals surface area contributed by atoms with Crippen LogP contribution in [0.15, 0.2) is 34.7 Å². The van der Waals surface area contributed by atoms with Crippen LogP contribution in [0.25, 0.3) is 11.0 Å². The molecule has 1 unspecified atom stereocenters. The van der Waals surface area contributed by atoms with Crippen molar-refractivity contribution in [2.45, 2.75) is 19.4 Å². The van der Waals surface area contributed by atoms with E-state index < -0.39 is 0 Å². The zero-order chi connectivity index (χ0) is 16.2. The van der Waals surface area contributed by atoms with Gasteiger partial charge >= 0.3 is 0 Å². The van der Waals surface area contributed by atoms with Gasteiger partial charge < -0.3 is 14.6 Å². The number of furan rings is 1. The Bertz CT molecular complexity index is 626. The minimum Gasteiger partial charge on any atom is -0.459 e. The van der Waals surface area contributed by atoms with Crippen molar-refractivity contribution < 1.29 is 9.21 Å². The van der Waals surface area contributed by atoms with Crippen molar-refractivity contribution >= 4 is 16.9 Å². The molecule has 3 rings (SSSR count). The summed E-state index contributed by atoms with van der Waals surface area (Å²) in [5.41, 5.74) is 0.869. The summed E-state index contributed by atoms with van der Waals surface area (Å²) < 4.78 is 5.89. The van der Waals surface area contributed by atoms with Crippen LogP contribution in [0.5, 0.6) is 0 Å². The summed E-state index contributed by atoms with van der Waals surface area (Å²) in [5, 5.41) is 4.44. The number of fused-ring (bicyclic) bond motifs is 1. The molecule has 1 amide bonds. The van der Waals surface area contributed by atoms with Crippen LogP contribution in [0.2, 0.25) is 0 Å². The zero-order valence-corrected chi connectivity index (χ0v) is 13.9. The summed E-state index contributed by atoms with van der Waals surface area (Å²) in [5.74, 6) is 0.972. The fourth-order valence-electron chi connectivity index (χ4n) is 2.98. The van der Waals surface area contributed by atoms with E-state index in [1.807, 2.05) is 44.3 Å². The van der Waals surface area contributed by atoms with Crippen molar-refractivity contribution in [3.8, 4) is 0 Å². The molecule has 2 aromatic rings. The second kappa shape index (κ2) is 7.15. The van der Waals surface area contributed by atoms with Gasteiger partial charge in [0.15, 0.2) is 0 Å². The third kappa shape index (κ3) is 3.74. The van der Waals surface area contributed by atoms with Gasteiger partial charge in [0.05, 0.1) is 12.6 Å². The molecule has 0 saturated carbocycles. The van der Waals surface area contributed by atoms with Gasteiger partial charge in [-0.1, -0.05) is 18.2 Å². The monoisotopic (exact) mass is 315 g/mol. The van der Waals surface area contributed by atoms with Gasteiger partial charge in [0.25, 0.3) is 0 Å². The molecule has 1 aromatic carbocycles. The topological polar surface area (TPSA) is 48.7 Å². The molecule has 1 aromatic heterocycles. The number of carbonyl (C=O) groups is 1. The van der Waals surface area contributed by atoms with Crippen LogP contribution in [0.1, 0.15) is 25.1 Å². The lowest BCUT2D eigenvalue weighted by molar-refractivity contribution is -0.133. The predicted octanol–water partition coefficient (Wildman–Crippen LogP) is 2.25. The van der Waals surface area contributed by atoms with Crippen LogP contribution in [0, 0.1) is 0 Å². The fraction of sp³-hybridized carbons (Fsp3) is 0.500. The molecule has 1 atom stereocenters. The maximum atomic E-state index is 12.6. The first kappa shape index (κ1) is 16.0. The first-order valence-electron chi connectivity index (χ1n) is 8.32. The molecule has 1 saturated heterocycles. The molecule has 5 nitrogen and oxygen atoms in total. The number of nitrogens with zero attached hydrogens (tertiary/aromatic N) is 2. The van der Waals surface area contributed by atoms with Gasteiger partial charge in [0, 0.05) is 25.5 Å². The molecule has 0 aliphatic carbocycles. The Hall–Kier alpha value is -1.85. The number of para-hydroxylation sites is 1. The highest BCUT2D eigenvalue weighted by molar-refractivity contribution is 5.80. The maximum absolute atomic E-state index is 12.6. The van der Waals surface area contributed by atoms with Gasteiger partial charge in [-0.15, -0.1) is 0 Å². The number of carbonyl (C=O) groups excluding carboxylic acids is 1. The molecule has 1 N–H and O–H groups in total. The average molecular weight is 315 g/mol. The number of hydrogen-bond acceptors (Lipinski definition) is 4. The van der Waals surface area contributed by atoms with E-state index in [4.69, 9.17) is 4.42 Å². The minimum atomic E-state index is -0.0694. The molecule has 0 radical (unpaired) electrons. The molecule has 23 heavy (non-hydrogen) atoms. The molecular formula is C18H25N3O2. The third-order valence-corrected chi connectivity index (χ3v) is 4.62. The summed E-state index contributed by atoms with van der Waals surface area (Å²) >= 11 is 0. The van der Waals surface area contributed by atoms with Crippen LogP contribution >= 0.6 is 0 Å². The molecule has 1 fully saturated rings. The van der Waals surface area contributed by atoms with Gasteiger partial charge in [0.1, 0.15) is 11.3 Å². The second-order valence-electron chi connectivity index (χ2n) is 6.25. The quantitative estimate of drug-likeness (QED) is 0.940. The van der Waals surface area contributed by atoms with E-state index in [1.165, 1.54) is 0 Å².